The van der Waals surface area contributed by atoms with E-state index < -0.39 is 0 Å². The van der Waals surface area contributed by atoms with Crippen molar-refractivity contribution in [3.05, 3.63) is 67.5 Å². The summed E-state index contributed by atoms with van der Waals surface area (Å²) < 4.78 is 13.1. The highest BCUT2D eigenvalue weighted by molar-refractivity contribution is 6.02. The molecule has 0 saturated carbocycles. The maximum absolute atomic E-state index is 12.2. The summed E-state index contributed by atoms with van der Waals surface area (Å²) >= 11 is 0. The fourth-order valence-corrected chi connectivity index (χ4v) is 4.00. The highest BCUT2D eigenvalue weighted by atomic mass is 16.5. The lowest BCUT2D eigenvalue weighted by atomic mass is 10.2. The van der Waals surface area contributed by atoms with Crippen LogP contribution in [0.25, 0.3) is 16.7 Å². The summed E-state index contributed by atoms with van der Waals surface area (Å²) in [6.45, 7) is 5.17. The summed E-state index contributed by atoms with van der Waals surface area (Å²) in [6.07, 6.45) is 4.88. The molecule has 4 aromatic rings. The standard InChI is InChI=1S/C28H33N7O3/c1-7-27(36)30-21-17-22(25(38-6)18-24(21)34(4)15-14-33(2)3)31-28-29-12-10-26(32-28)35-13-11-19-8-9-20(37-5)16-23(19)35/h7-13,16-18H,1,14-15H2,2-6H3,(H,30,36)(H,29,31,32). The van der Waals surface area contributed by atoms with E-state index in [0.29, 0.717) is 28.9 Å². The molecule has 4 rings (SSSR count). The monoisotopic (exact) mass is 515 g/mol. The van der Waals surface area contributed by atoms with Crippen molar-refractivity contribution in [3.63, 3.8) is 0 Å². The van der Waals surface area contributed by atoms with Gasteiger partial charge in [0.05, 0.1) is 36.8 Å². The summed E-state index contributed by atoms with van der Waals surface area (Å²) in [5.74, 6) is 2.10. The number of nitrogens with zero attached hydrogens (tertiary/aromatic N) is 5. The molecule has 0 fully saturated rings. The van der Waals surface area contributed by atoms with Crippen molar-refractivity contribution in [1.29, 1.82) is 0 Å². The molecule has 0 aliphatic rings. The Morgan fingerprint density at radius 1 is 1.05 bits per heavy atom. The van der Waals surface area contributed by atoms with Gasteiger partial charge in [-0.25, -0.2) is 4.98 Å². The predicted molar refractivity (Wildman–Crippen MR) is 152 cm³/mol. The van der Waals surface area contributed by atoms with Crippen LogP contribution in [0.5, 0.6) is 11.5 Å². The minimum Gasteiger partial charge on any atom is -0.497 e. The number of anilines is 4. The van der Waals surface area contributed by atoms with E-state index in [1.54, 1.807) is 20.4 Å². The number of carbonyl (C=O) groups excluding carboxylic acids is 1. The minimum absolute atomic E-state index is 0.309. The molecule has 2 aromatic carbocycles. The van der Waals surface area contributed by atoms with Gasteiger partial charge in [-0.2, -0.15) is 4.98 Å². The summed E-state index contributed by atoms with van der Waals surface area (Å²) in [6, 6.07) is 13.4. The Bertz CT molecular complexity index is 1450. The van der Waals surface area contributed by atoms with E-state index in [2.05, 4.69) is 32.0 Å². The van der Waals surface area contributed by atoms with Gasteiger partial charge in [0.25, 0.3) is 0 Å². The predicted octanol–water partition coefficient (Wildman–Crippen LogP) is 4.30. The molecule has 0 aliphatic carbocycles. The van der Waals surface area contributed by atoms with Crippen molar-refractivity contribution in [2.45, 2.75) is 0 Å². The number of likely N-dealkylation sites (N-methyl/N-ethyl adjacent to an activating group) is 2. The molecule has 0 radical (unpaired) electrons. The van der Waals surface area contributed by atoms with Crippen molar-refractivity contribution in [3.8, 4) is 17.3 Å². The third kappa shape index (κ3) is 5.87. The number of methoxy groups -OCH3 is 2. The molecule has 1 amide bonds. The summed E-state index contributed by atoms with van der Waals surface area (Å²) in [4.78, 5) is 25.5. The zero-order valence-electron chi connectivity index (χ0n) is 22.4. The molecule has 198 valence electrons. The Balaban J connectivity index is 1.70. The molecule has 2 N–H and O–H groups in total. The van der Waals surface area contributed by atoms with Gasteiger partial charge in [0, 0.05) is 50.0 Å². The Hall–Kier alpha value is -4.57. The molecule has 0 saturated heterocycles. The molecule has 38 heavy (non-hydrogen) atoms. The van der Waals surface area contributed by atoms with Gasteiger partial charge >= 0.3 is 0 Å². The van der Waals surface area contributed by atoms with Crippen LogP contribution in [0.4, 0.5) is 23.0 Å². The Labute approximate surface area is 222 Å². The van der Waals surface area contributed by atoms with Gasteiger partial charge in [-0.3, -0.25) is 4.79 Å². The maximum atomic E-state index is 12.2. The molecule has 0 unspecified atom stereocenters. The quantitative estimate of drug-likeness (QED) is 0.286. The number of hydrogen-bond donors (Lipinski definition) is 2. The fraction of sp³-hybridized carbons (Fsp3) is 0.250. The van der Waals surface area contributed by atoms with Crippen LogP contribution in [-0.2, 0) is 4.79 Å². The van der Waals surface area contributed by atoms with E-state index in [9.17, 15) is 4.79 Å². The molecule has 0 spiro atoms. The molecule has 0 bridgehead atoms. The second-order valence-corrected chi connectivity index (χ2v) is 8.96. The second kappa shape index (κ2) is 11.7. The fourth-order valence-electron chi connectivity index (χ4n) is 4.00. The molecule has 10 heteroatoms. The summed E-state index contributed by atoms with van der Waals surface area (Å²) in [5.41, 5.74) is 2.99. The largest absolute Gasteiger partial charge is 0.497 e. The number of ether oxygens (including phenoxy) is 2. The number of hydrogen-bond acceptors (Lipinski definition) is 8. The highest BCUT2D eigenvalue weighted by Gasteiger charge is 2.17. The zero-order chi connectivity index (χ0) is 27.2. The van der Waals surface area contributed by atoms with Gasteiger partial charge in [0.15, 0.2) is 0 Å². The lowest BCUT2D eigenvalue weighted by Gasteiger charge is -2.26. The smallest absolute Gasteiger partial charge is 0.247 e. The minimum atomic E-state index is -0.309. The number of aromatic nitrogens is 3. The summed E-state index contributed by atoms with van der Waals surface area (Å²) in [7, 11) is 9.25. The van der Waals surface area contributed by atoms with Crippen LogP contribution in [0.1, 0.15) is 0 Å². The second-order valence-electron chi connectivity index (χ2n) is 8.96. The molecule has 0 atom stereocenters. The third-order valence-electron chi connectivity index (χ3n) is 6.09. The van der Waals surface area contributed by atoms with Crippen LogP contribution in [0.3, 0.4) is 0 Å². The van der Waals surface area contributed by atoms with Crippen LogP contribution in [0.15, 0.2) is 67.5 Å². The average Bonchev–Trinajstić information content (AvgIpc) is 3.35. The lowest BCUT2D eigenvalue weighted by molar-refractivity contribution is -0.111. The number of amides is 1. The van der Waals surface area contributed by atoms with E-state index in [4.69, 9.17) is 14.5 Å². The van der Waals surface area contributed by atoms with E-state index in [1.807, 2.05) is 74.4 Å². The highest BCUT2D eigenvalue weighted by Crippen LogP contribution is 2.38. The van der Waals surface area contributed by atoms with Crippen LogP contribution in [0.2, 0.25) is 0 Å². The van der Waals surface area contributed by atoms with Crippen LogP contribution < -0.4 is 25.0 Å². The van der Waals surface area contributed by atoms with E-state index in [0.717, 1.165) is 35.4 Å². The SMILES string of the molecule is C=CC(=O)Nc1cc(Nc2nccc(-n3ccc4ccc(OC)cc43)n2)c(OC)cc1N(C)CCN(C)C. The van der Waals surface area contributed by atoms with Gasteiger partial charge in [-0.05, 0) is 50.5 Å². The Kier molecular flexibility index (Phi) is 8.12. The first-order valence-electron chi connectivity index (χ1n) is 12.1. The Morgan fingerprint density at radius 3 is 2.58 bits per heavy atom. The van der Waals surface area contributed by atoms with Crippen LogP contribution in [0, 0.1) is 0 Å². The molecule has 10 nitrogen and oxygen atoms in total. The molecule has 2 heterocycles. The van der Waals surface area contributed by atoms with E-state index in [1.165, 1.54) is 6.08 Å². The van der Waals surface area contributed by atoms with Crippen molar-refractivity contribution in [1.82, 2.24) is 19.4 Å². The first kappa shape index (κ1) is 26.5. The topological polar surface area (TPSA) is 96.8 Å². The maximum Gasteiger partial charge on any atom is 0.247 e. The van der Waals surface area contributed by atoms with Gasteiger partial charge in [-0.15, -0.1) is 0 Å². The number of fused-ring (bicyclic) bond motifs is 1. The number of benzene rings is 2. The van der Waals surface area contributed by atoms with Gasteiger partial charge in [0.2, 0.25) is 11.9 Å². The van der Waals surface area contributed by atoms with Crippen molar-refractivity contribution >= 4 is 39.8 Å². The zero-order valence-corrected chi connectivity index (χ0v) is 22.4. The van der Waals surface area contributed by atoms with Crippen molar-refractivity contribution < 1.29 is 14.3 Å². The first-order valence-corrected chi connectivity index (χ1v) is 12.1. The average molecular weight is 516 g/mol. The van der Waals surface area contributed by atoms with Gasteiger partial charge in [0.1, 0.15) is 17.3 Å². The number of nitrogens with one attached hydrogen (secondary N) is 2. The third-order valence-corrected chi connectivity index (χ3v) is 6.09. The normalized spacial score (nSPS) is 10.9. The van der Waals surface area contributed by atoms with Crippen molar-refractivity contribution in [2.75, 3.05) is 64.0 Å². The summed E-state index contributed by atoms with van der Waals surface area (Å²) in [5, 5.41) is 7.23. The molecular weight excluding hydrogens is 482 g/mol. The van der Waals surface area contributed by atoms with Crippen LogP contribution >= 0.6 is 0 Å². The van der Waals surface area contributed by atoms with E-state index >= 15 is 0 Å². The number of carbonyl (C=O) groups is 1. The molecule has 0 aliphatic heterocycles. The van der Waals surface area contributed by atoms with Crippen LogP contribution in [-0.4, -0.2) is 73.8 Å². The van der Waals surface area contributed by atoms with Gasteiger partial charge < -0.3 is 34.5 Å². The number of rotatable bonds is 11. The molecular formula is C28H33N7O3. The Morgan fingerprint density at radius 2 is 1.87 bits per heavy atom. The molecule has 2 aromatic heterocycles. The van der Waals surface area contributed by atoms with Gasteiger partial charge in [-0.1, -0.05) is 6.58 Å². The first-order chi connectivity index (χ1) is 18.3. The van der Waals surface area contributed by atoms with E-state index in [-0.39, 0.29) is 5.91 Å². The lowest BCUT2D eigenvalue weighted by Crippen LogP contribution is -2.29. The van der Waals surface area contributed by atoms with Crippen molar-refractivity contribution in [2.24, 2.45) is 0 Å².